The van der Waals surface area contributed by atoms with E-state index in [0.29, 0.717) is 32.1 Å². The lowest BCUT2D eigenvalue weighted by Gasteiger charge is -2.51. The number of hydrogen-bond acceptors (Lipinski definition) is 16. The summed E-state index contributed by atoms with van der Waals surface area (Å²) in [5.74, 6) is -3.06. The van der Waals surface area contributed by atoms with E-state index in [9.17, 15) is 50.4 Å². The van der Waals surface area contributed by atoms with Gasteiger partial charge in [0.2, 0.25) is 0 Å². The van der Waals surface area contributed by atoms with Crippen molar-refractivity contribution >= 4 is 11.9 Å². The van der Waals surface area contributed by atoms with Gasteiger partial charge in [-0.05, 0) is 50.9 Å². The van der Waals surface area contributed by atoms with E-state index in [1.807, 2.05) is 0 Å². The zero-order chi connectivity index (χ0) is 33.3. The van der Waals surface area contributed by atoms with Crippen molar-refractivity contribution < 1.29 is 84.0 Å². The maximum absolute atomic E-state index is 11.9. The molecule has 0 radical (unpaired) electrons. The van der Waals surface area contributed by atoms with Gasteiger partial charge in [-0.15, -0.1) is 0 Å². The average Bonchev–Trinajstić information content (AvgIpc) is 3.00. The topological polar surface area (TPSA) is 272 Å². The van der Waals surface area contributed by atoms with Crippen LogP contribution in [-0.4, -0.2) is 163 Å². The zero-order valence-corrected chi connectivity index (χ0v) is 25.2. The second-order valence-electron chi connectivity index (χ2n) is 13.1. The SMILES string of the molecule is O=C(O)CC(=O)OC[C@H]1O[C@@H](OC2CC3C(O)CC(O)CC3OC2C2CCC(O)CC2)[C@H](O[C@@H]2OC[C@@H](O)[C@H](O)[C@H]2O)[C@@H](O)[C@H]1O. The average molecular weight is 667 g/mol. The van der Waals surface area contributed by atoms with Crippen LogP contribution in [0.3, 0.4) is 0 Å². The van der Waals surface area contributed by atoms with Crippen LogP contribution in [0.5, 0.6) is 0 Å². The number of fused-ring (bicyclic) bond motifs is 1. The predicted octanol–water partition coefficient (Wildman–Crippen LogP) is -3.50. The van der Waals surface area contributed by atoms with Crippen LogP contribution in [0.2, 0.25) is 0 Å². The van der Waals surface area contributed by atoms with Crippen molar-refractivity contribution in [2.24, 2.45) is 11.8 Å². The molecule has 0 aromatic carbocycles. The molecule has 9 N–H and O–H groups in total. The van der Waals surface area contributed by atoms with E-state index in [-0.39, 0.29) is 18.8 Å². The minimum Gasteiger partial charge on any atom is -0.481 e. The Hall–Kier alpha value is -1.58. The smallest absolute Gasteiger partial charge is 0.317 e. The summed E-state index contributed by atoms with van der Waals surface area (Å²) < 4.78 is 35.0. The lowest BCUT2D eigenvalue weighted by Crippen LogP contribution is -2.65. The Morgan fingerprint density at radius 3 is 2.13 bits per heavy atom. The van der Waals surface area contributed by atoms with Crippen molar-refractivity contribution in [3.8, 4) is 0 Å². The molecule has 6 unspecified atom stereocenters. The summed E-state index contributed by atoms with van der Waals surface area (Å²) in [5, 5.41) is 92.8. The minimum atomic E-state index is -1.81. The molecule has 2 aliphatic carbocycles. The van der Waals surface area contributed by atoms with E-state index >= 15 is 0 Å². The number of aliphatic carboxylic acids is 1. The maximum atomic E-state index is 11.9. The molecule has 3 aliphatic heterocycles. The Kier molecular flexibility index (Phi) is 11.9. The third-order valence-corrected chi connectivity index (χ3v) is 9.80. The van der Waals surface area contributed by atoms with Gasteiger partial charge in [0.1, 0.15) is 55.8 Å². The molecule has 0 amide bonds. The van der Waals surface area contributed by atoms with Gasteiger partial charge in [0.15, 0.2) is 12.6 Å². The van der Waals surface area contributed by atoms with E-state index in [1.54, 1.807) is 0 Å². The molecule has 0 bridgehead atoms. The fraction of sp³-hybridized carbons (Fsp3) is 0.931. The number of aliphatic hydroxyl groups excluding tert-OH is 8. The number of carboxylic acid groups (broad SMARTS) is 1. The number of aliphatic hydroxyl groups is 8. The van der Waals surface area contributed by atoms with Crippen LogP contribution < -0.4 is 0 Å². The molecule has 264 valence electrons. The number of ether oxygens (including phenoxy) is 6. The first-order chi connectivity index (χ1) is 21.8. The number of carbonyl (C=O) groups is 2. The van der Waals surface area contributed by atoms with E-state index in [4.69, 9.17) is 33.5 Å². The van der Waals surface area contributed by atoms with Crippen molar-refractivity contribution in [2.45, 2.75) is 143 Å². The molecule has 15 atom stereocenters. The number of hydrogen-bond donors (Lipinski definition) is 9. The highest BCUT2D eigenvalue weighted by Crippen LogP contribution is 2.43. The van der Waals surface area contributed by atoms with Gasteiger partial charge in [0.05, 0.1) is 43.2 Å². The Morgan fingerprint density at radius 2 is 1.43 bits per heavy atom. The Morgan fingerprint density at radius 1 is 0.717 bits per heavy atom. The predicted molar refractivity (Wildman–Crippen MR) is 147 cm³/mol. The molecular formula is C29H46O17. The maximum Gasteiger partial charge on any atom is 0.317 e. The fourth-order valence-corrected chi connectivity index (χ4v) is 7.25. The van der Waals surface area contributed by atoms with E-state index in [2.05, 4.69) is 0 Å². The van der Waals surface area contributed by atoms with Crippen molar-refractivity contribution in [3.05, 3.63) is 0 Å². The van der Waals surface area contributed by atoms with E-state index < -0.39 is 129 Å². The molecule has 0 aromatic heterocycles. The van der Waals surface area contributed by atoms with Crippen LogP contribution in [-0.2, 0) is 38.0 Å². The van der Waals surface area contributed by atoms with Gasteiger partial charge in [-0.3, -0.25) is 9.59 Å². The molecule has 2 saturated carbocycles. The minimum absolute atomic E-state index is 0.0862. The van der Waals surface area contributed by atoms with Gasteiger partial charge in [0.25, 0.3) is 0 Å². The number of esters is 1. The van der Waals surface area contributed by atoms with Crippen molar-refractivity contribution in [3.63, 3.8) is 0 Å². The molecule has 3 heterocycles. The summed E-state index contributed by atoms with van der Waals surface area (Å²) in [7, 11) is 0. The summed E-state index contributed by atoms with van der Waals surface area (Å²) in [4.78, 5) is 22.8. The molecule has 17 heteroatoms. The monoisotopic (exact) mass is 666 g/mol. The van der Waals surface area contributed by atoms with Crippen LogP contribution in [0.1, 0.15) is 51.4 Å². The first-order valence-electron chi connectivity index (χ1n) is 15.9. The molecule has 0 aromatic rings. The summed E-state index contributed by atoms with van der Waals surface area (Å²) in [6, 6.07) is 0. The third kappa shape index (κ3) is 8.16. The van der Waals surface area contributed by atoms with Gasteiger partial charge in [-0.1, -0.05) is 0 Å². The molecule has 5 aliphatic rings. The summed E-state index contributed by atoms with van der Waals surface area (Å²) in [6.07, 6.45) is -16.5. The molecule has 3 saturated heterocycles. The first-order valence-corrected chi connectivity index (χ1v) is 15.9. The normalized spacial score (nSPS) is 48.3. The van der Waals surface area contributed by atoms with Crippen LogP contribution in [0.15, 0.2) is 0 Å². The molecule has 5 fully saturated rings. The highest BCUT2D eigenvalue weighted by Gasteiger charge is 2.53. The van der Waals surface area contributed by atoms with Gasteiger partial charge < -0.3 is 74.4 Å². The second kappa shape index (κ2) is 15.3. The van der Waals surface area contributed by atoms with Gasteiger partial charge in [-0.25, -0.2) is 0 Å². The lowest BCUT2D eigenvalue weighted by atomic mass is 9.73. The van der Waals surface area contributed by atoms with Crippen LogP contribution >= 0.6 is 0 Å². The van der Waals surface area contributed by atoms with Crippen LogP contribution in [0.25, 0.3) is 0 Å². The van der Waals surface area contributed by atoms with E-state index in [1.165, 1.54) is 0 Å². The summed E-state index contributed by atoms with van der Waals surface area (Å²) in [6.45, 7) is -1.07. The summed E-state index contributed by atoms with van der Waals surface area (Å²) >= 11 is 0. The standard InChI is InChI=1S/C29H46O17/c30-12-3-1-11(2-4-12)26-18(7-14-15(32)5-13(31)6-17(14)43-26)44-29-27(46-28-25(40)22(37)16(33)9-42-28)24(39)23(38)19(45-29)10-41-21(36)8-20(34)35/h11-19,22-33,37-40H,1-10H2,(H,34,35)/t11?,12?,13?,14?,15?,16-,17?,18?,19-,22+,23+,24+,25-,26?,27-,28+,29-/m1/s1. The Balaban J connectivity index is 1.39. The van der Waals surface area contributed by atoms with Crippen molar-refractivity contribution in [2.75, 3.05) is 13.2 Å². The Bertz CT molecular complexity index is 1020. The lowest BCUT2D eigenvalue weighted by molar-refractivity contribution is -0.371. The van der Waals surface area contributed by atoms with Crippen molar-refractivity contribution in [1.82, 2.24) is 0 Å². The number of carbonyl (C=O) groups excluding carboxylic acids is 1. The number of rotatable bonds is 9. The van der Waals surface area contributed by atoms with Gasteiger partial charge in [-0.2, -0.15) is 0 Å². The quantitative estimate of drug-likeness (QED) is 0.0853. The number of carboxylic acids is 1. The third-order valence-electron chi connectivity index (χ3n) is 9.80. The molecule has 0 spiro atoms. The van der Waals surface area contributed by atoms with Crippen LogP contribution in [0, 0.1) is 11.8 Å². The largest absolute Gasteiger partial charge is 0.481 e. The highest BCUT2D eigenvalue weighted by molar-refractivity contribution is 5.90. The zero-order valence-electron chi connectivity index (χ0n) is 25.2. The van der Waals surface area contributed by atoms with E-state index in [0.717, 1.165) is 0 Å². The second-order valence-corrected chi connectivity index (χ2v) is 13.1. The Labute approximate surface area is 264 Å². The van der Waals surface area contributed by atoms with Crippen molar-refractivity contribution in [1.29, 1.82) is 0 Å². The highest BCUT2D eigenvalue weighted by atomic mass is 16.8. The van der Waals surface area contributed by atoms with Gasteiger partial charge in [0, 0.05) is 5.92 Å². The molecular weight excluding hydrogens is 620 g/mol. The fourth-order valence-electron chi connectivity index (χ4n) is 7.25. The van der Waals surface area contributed by atoms with Gasteiger partial charge >= 0.3 is 11.9 Å². The molecule has 46 heavy (non-hydrogen) atoms. The molecule has 5 rings (SSSR count). The first kappa shape index (κ1) is 35.7. The van der Waals surface area contributed by atoms with Crippen LogP contribution in [0.4, 0.5) is 0 Å². The summed E-state index contributed by atoms with van der Waals surface area (Å²) in [5.41, 5.74) is 0. The molecule has 17 nitrogen and oxygen atoms in total.